The topological polar surface area (TPSA) is 50.4 Å². The molecule has 1 amide bonds. The van der Waals surface area contributed by atoms with E-state index in [1.54, 1.807) is 24.3 Å². The molecule has 0 radical (unpaired) electrons. The number of hydrogen-bond acceptors (Lipinski definition) is 3. The standard InChI is InChI=1S/C21H22ClFN2O2/c22-15-5-3-14(4-6-15)21(9-10-21)20(26)25-16-7-8-19(18(23)12-16)24-13-17-2-1-11-27-17/h3-8,12,17,24H,1-2,9-11,13H2,(H,25,26). The molecule has 4 nitrogen and oxygen atoms in total. The molecule has 1 aliphatic heterocycles. The van der Waals surface area contributed by atoms with Crippen LogP contribution in [-0.4, -0.2) is 25.2 Å². The van der Waals surface area contributed by atoms with Gasteiger partial charge in [0.1, 0.15) is 5.82 Å². The maximum absolute atomic E-state index is 14.4. The number of rotatable bonds is 6. The zero-order valence-corrected chi connectivity index (χ0v) is 15.7. The number of nitrogens with one attached hydrogen (secondary N) is 2. The van der Waals surface area contributed by atoms with Crippen LogP contribution in [0.1, 0.15) is 31.2 Å². The lowest BCUT2D eigenvalue weighted by Crippen LogP contribution is -2.27. The van der Waals surface area contributed by atoms with E-state index in [4.69, 9.17) is 16.3 Å². The average Bonchev–Trinajstić information content (AvgIpc) is 3.31. The van der Waals surface area contributed by atoms with E-state index < -0.39 is 5.41 Å². The first-order chi connectivity index (χ1) is 13.1. The quantitative estimate of drug-likeness (QED) is 0.751. The summed E-state index contributed by atoms with van der Waals surface area (Å²) in [4.78, 5) is 12.8. The van der Waals surface area contributed by atoms with E-state index in [1.807, 2.05) is 12.1 Å². The van der Waals surface area contributed by atoms with Crippen molar-refractivity contribution in [2.45, 2.75) is 37.2 Å². The van der Waals surface area contributed by atoms with Crippen LogP contribution >= 0.6 is 11.6 Å². The number of benzene rings is 2. The van der Waals surface area contributed by atoms with Gasteiger partial charge in [-0.05, 0) is 61.6 Å². The summed E-state index contributed by atoms with van der Waals surface area (Å²) in [6.45, 7) is 1.36. The van der Waals surface area contributed by atoms with Gasteiger partial charge in [0.2, 0.25) is 5.91 Å². The van der Waals surface area contributed by atoms with Crippen LogP contribution in [-0.2, 0) is 14.9 Å². The molecule has 0 spiro atoms. The molecular weight excluding hydrogens is 367 g/mol. The van der Waals surface area contributed by atoms with E-state index >= 15 is 0 Å². The lowest BCUT2D eigenvalue weighted by molar-refractivity contribution is -0.118. The van der Waals surface area contributed by atoms with E-state index in [2.05, 4.69) is 10.6 Å². The maximum Gasteiger partial charge on any atom is 0.235 e. The molecule has 1 heterocycles. The summed E-state index contributed by atoms with van der Waals surface area (Å²) in [7, 11) is 0. The van der Waals surface area contributed by atoms with Gasteiger partial charge in [-0.3, -0.25) is 4.79 Å². The smallest absolute Gasteiger partial charge is 0.235 e. The molecule has 1 saturated carbocycles. The largest absolute Gasteiger partial charge is 0.380 e. The molecular formula is C21H22ClFN2O2. The Kier molecular flexibility index (Phi) is 5.06. The third-order valence-corrected chi connectivity index (χ3v) is 5.60. The molecule has 1 unspecified atom stereocenters. The average molecular weight is 389 g/mol. The minimum atomic E-state index is -0.530. The van der Waals surface area contributed by atoms with Crippen LogP contribution in [0.4, 0.5) is 15.8 Å². The van der Waals surface area contributed by atoms with Gasteiger partial charge in [-0.1, -0.05) is 23.7 Å². The number of anilines is 2. The molecule has 2 aromatic rings. The molecule has 2 aliphatic rings. The normalized spacial score (nSPS) is 20.3. The second-order valence-electron chi connectivity index (χ2n) is 7.25. The highest BCUT2D eigenvalue weighted by atomic mass is 35.5. The molecule has 4 rings (SSSR count). The second-order valence-corrected chi connectivity index (χ2v) is 7.69. The van der Waals surface area contributed by atoms with Gasteiger partial charge < -0.3 is 15.4 Å². The number of halogens is 2. The summed E-state index contributed by atoms with van der Waals surface area (Å²) in [5.74, 6) is -0.494. The van der Waals surface area contributed by atoms with Crippen molar-refractivity contribution < 1.29 is 13.9 Å². The van der Waals surface area contributed by atoms with Gasteiger partial charge in [-0.2, -0.15) is 0 Å². The molecule has 2 aromatic carbocycles. The lowest BCUT2D eigenvalue weighted by atomic mass is 9.95. The Hall–Kier alpha value is -2.11. The molecule has 142 valence electrons. The number of ether oxygens (including phenoxy) is 1. The van der Waals surface area contributed by atoms with E-state index in [0.29, 0.717) is 22.9 Å². The maximum atomic E-state index is 14.4. The first-order valence-electron chi connectivity index (χ1n) is 9.29. The molecule has 2 N–H and O–H groups in total. The van der Waals surface area contributed by atoms with Crippen molar-refractivity contribution >= 4 is 28.9 Å². The van der Waals surface area contributed by atoms with Crippen molar-refractivity contribution in [3.63, 3.8) is 0 Å². The van der Waals surface area contributed by atoms with Gasteiger partial charge in [-0.15, -0.1) is 0 Å². The van der Waals surface area contributed by atoms with Crippen LogP contribution in [0.15, 0.2) is 42.5 Å². The Balaban J connectivity index is 1.41. The van der Waals surface area contributed by atoms with Crippen molar-refractivity contribution in [2.24, 2.45) is 0 Å². The summed E-state index contributed by atoms with van der Waals surface area (Å²) in [6.07, 6.45) is 3.75. The molecule has 0 bridgehead atoms. The van der Waals surface area contributed by atoms with Crippen LogP contribution in [0.5, 0.6) is 0 Å². The predicted molar refractivity (Wildman–Crippen MR) is 105 cm³/mol. The van der Waals surface area contributed by atoms with Crippen LogP contribution in [0.25, 0.3) is 0 Å². The molecule has 0 aromatic heterocycles. The lowest BCUT2D eigenvalue weighted by Gasteiger charge is -2.17. The second kappa shape index (κ2) is 7.49. The fourth-order valence-corrected chi connectivity index (χ4v) is 3.68. The summed E-state index contributed by atoms with van der Waals surface area (Å²) in [6, 6.07) is 12.1. The Morgan fingerprint density at radius 3 is 2.63 bits per heavy atom. The summed E-state index contributed by atoms with van der Waals surface area (Å²) in [5.41, 5.74) is 1.29. The molecule has 1 saturated heterocycles. The van der Waals surface area contributed by atoms with Gasteiger partial charge in [0, 0.05) is 23.9 Å². The van der Waals surface area contributed by atoms with Gasteiger partial charge in [0.05, 0.1) is 17.2 Å². The Bertz CT molecular complexity index is 831. The third-order valence-electron chi connectivity index (χ3n) is 5.35. The number of carbonyl (C=O) groups excluding carboxylic acids is 1. The predicted octanol–water partition coefficient (Wildman–Crippen LogP) is 4.74. The van der Waals surface area contributed by atoms with Gasteiger partial charge in [-0.25, -0.2) is 4.39 Å². The highest BCUT2D eigenvalue weighted by molar-refractivity contribution is 6.30. The number of amides is 1. The number of hydrogen-bond donors (Lipinski definition) is 2. The van der Waals surface area contributed by atoms with Crippen molar-refractivity contribution in [3.05, 3.63) is 58.9 Å². The van der Waals surface area contributed by atoms with Crippen LogP contribution < -0.4 is 10.6 Å². The van der Waals surface area contributed by atoms with E-state index in [1.165, 1.54) is 6.07 Å². The summed E-state index contributed by atoms with van der Waals surface area (Å²) >= 11 is 5.93. The monoisotopic (exact) mass is 388 g/mol. The summed E-state index contributed by atoms with van der Waals surface area (Å²) < 4.78 is 19.9. The van der Waals surface area contributed by atoms with Gasteiger partial charge >= 0.3 is 0 Å². The van der Waals surface area contributed by atoms with E-state index in [0.717, 1.165) is 37.9 Å². The minimum Gasteiger partial charge on any atom is -0.380 e. The van der Waals surface area contributed by atoms with Crippen LogP contribution in [0.2, 0.25) is 5.02 Å². The first-order valence-corrected chi connectivity index (χ1v) is 9.67. The zero-order chi connectivity index (χ0) is 18.9. The van der Waals surface area contributed by atoms with Gasteiger partial charge in [0.25, 0.3) is 0 Å². The fourth-order valence-electron chi connectivity index (χ4n) is 3.56. The molecule has 27 heavy (non-hydrogen) atoms. The minimum absolute atomic E-state index is 0.107. The molecule has 1 aliphatic carbocycles. The third kappa shape index (κ3) is 3.94. The Morgan fingerprint density at radius 1 is 1.22 bits per heavy atom. The Labute approximate surface area is 163 Å². The SMILES string of the molecule is O=C(Nc1ccc(NCC2CCCO2)c(F)c1)C1(c2ccc(Cl)cc2)CC1. The highest BCUT2D eigenvalue weighted by Crippen LogP contribution is 2.49. The van der Waals surface area contributed by atoms with Crippen molar-refractivity contribution in [2.75, 3.05) is 23.8 Å². The van der Waals surface area contributed by atoms with Crippen molar-refractivity contribution in [1.29, 1.82) is 0 Å². The van der Waals surface area contributed by atoms with Crippen molar-refractivity contribution in [3.8, 4) is 0 Å². The molecule has 2 fully saturated rings. The molecule has 6 heteroatoms. The highest BCUT2D eigenvalue weighted by Gasteiger charge is 2.51. The fraction of sp³-hybridized carbons (Fsp3) is 0.381. The number of carbonyl (C=O) groups is 1. The summed E-state index contributed by atoms with van der Waals surface area (Å²) in [5, 5.41) is 6.58. The first kappa shape index (κ1) is 18.3. The van der Waals surface area contributed by atoms with Crippen molar-refractivity contribution in [1.82, 2.24) is 0 Å². The Morgan fingerprint density at radius 2 is 2.00 bits per heavy atom. The van der Waals surface area contributed by atoms with Crippen LogP contribution in [0, 0.1) is 5.82 Å². The zero-order valence-electron chi connectivity index (χ0n) is 14.9. The molecule has 1 atom stereocenters. The van der Waals surface area contributed by atoms with Gasteiger partial charge in [0.15, 0.2) is 0 Å². The van der Waals surface area contributed by atoms with E-state index in [9.17, 15) is 9.18 Å². The van der Waals surface area contributed by atoms with E-state index in [-0.39, 0.29) is 17.8 Å². The van der Waals surface area contributed by atoms with Crippen LogP contribution in [0.3, 0.4) is 0 Å².